The standard InChI is InChI=1S/C13H13BrFN3O/c1-13(2)6-18-11(17-13)8-4-3-7(5-14)9(15)10(8)16-12(18)19/h3-4H,5-6H2,1-2H3,(H,16,19). The number of amidine groups is 1. The number of rotatable bonds is 1. The number of benzene rings is 1. The highest BCUT2D eigenvalue weighted by molar-refractivity contribution is 9.08. The number of halogens is 2. The van der Waals surface area contributed by atoms with Gasteiger partial charge < -0.3 is 5.32 Å². The summed E-state index contributed by atoms with van der Waals surface area (Å²) in [5.41, 5.74) is 1.06. The first-order chi connectivity index (χ1) is 8.93. The first kappa shape index (κ1) is 12.6. The summed E-state index contributed by atoms with van der Waals surface area (Å²) in [4.78, 5) is 18.1. The number of anilines is 1. The van der Waals surface area contributed by atoms with Gasteiger partial charge in [-0.3, -0.25) is 9.89 Å². The number of amides is 2. The molecule has 0 aromatic heterocycles. The number of hydrogen-bond acceptors (Lipinski definition) is 2. The molecule has 6 heteroatoms. The predicted molar refractivity (Wildman–Crippen MR) is 75.4 cm³/mol. The molecule has 100 valence electrons. The van der Waals surface area contributed by atoms with Gasteiger partial charge in [-0.05, 0) is 19.9 Å². The third-order valence-corrected chi connectivity index (χ3v) is 3.90. The summed E-state index contributed by atoms with van der Waals surface area (Å²) in [6, 6.07) is 3.20. The zero-order valence-electron chi connectivity index (χ0n) is 10.6. The molecule has 0 saturated carbocycles. The molecule has 0 fully saturated rings. The maximum absolute atomic E-state index is 14.3. The molecule has 0 atom stereocenters. The normalized spacial score (nSPS) is 19.7. The van der Waals surface area contributed by atoms with Crippen molar-refractivity contribution < 1.29 is 9.18 Å². The van der Waals surface area contributed by atoms with Crippen molar-refractivity contribution >= 4 is 33.5 Å². The van der Waals surface area contributed by atoms with Gasteiger partial charge in [-0.1, -0.05) is 22.0 Å². The first-order valence-electron chi connectivity index (χ1n) is 5.99. The SMILES string of the molecule is CC1(C)CN2C(=O)Nc3c(ccc(CBr)c3F)C2=N1. The summed E-state index contributed by atoms with van der Waals surface area (Å²) in [6.45, 7) is 4.42. The number of urea groups is 1. The van der Waals surface area contributed by atoms with Crippen molar-refractivity contribution in [2.75, 3.05) is 11.9 Å². The van der Waals surface area contributed by atoms with Crippen molar-refractivity contribution in [1.29, 1.82) is 0 Å². The lowest BCUT2D eigenvalue weighted by Gasteiger charge is -2.27. The molecule has 2 aliphatic rings. The van der Waals surface area contributed by atoms with Gasteiger partial charge in [0.1, 0.15) is 5.84 Å². The number of nitrogens with zero attached hydrogens (tertiary/aromatic N) is 2. The number of fused-ring (bicyclic) bond motifs is 3. The summed E-state index contributed by atoms with van der Waals surface area (Å²) in [6.07, 6.45) is 0. The Morgan fingerprint density at radius 2 is 2.26 bits per heavy atom. The Bertz CT molecular complexity index is 612. The zero-order valence-corrected chi connectivity index (χ0v) is 12.2. The van der Waals surface area contributed by atoms with Gasteiger partial charge in [0.25, 0.3) is 0 Å². The average Bonchev–Trinajstić information content (AvgIpc) is 2.67. The van der Waals surface area contributed by atoms with Gasteiger partial charge in [0.2, 0.25) is 0 Å². The molecule has 1 aromatic carbocycles. The molecule has 2 aliphatic heterocycles. The number of aliphatic imine (C=N–C) groups is 1. The molecule has 19 heavy (non-hydrogen) atoms. The van der Waals surface area contributed by atoms with Gasteiger partial charge in [0, 0.05) is 16.5 Å². The van der Waals surface area contributed by atoms with Crippen LogP contribution in [0.4, 0.5) is 14.9 Å². The van der Waals surface area contributed by atoms with Crippen LogP contribution >= 0.6 is 15.9 Å². The van der Waals surface area contributed by atoms with E-state index in [-0.39, 0.29) is 17.3 Å². The lowest BCUT2D eigenvalue weighted by atomic mass is 10.1. The fourth-order valence-corrected chi connectivity index (χ4v) is 2.86. The van der Waals surface area contributed by atoms with E-state index >= 15 is 0 Å². The smallest absolute Gasteiger partial charge is 0.304 e. The molecule has 1 N–H and O–H groups in total. The van der Waals surface area contributed by atoms with E-state index in [4.69, 9.17) is 0 Å². The van der Waals surface area contributed by atoms with Crippen LogP contribution in [0.1, 0.15) is 25.0 Å². The Balaban J connectivity index is 2.20. The molecule has 2 heterocycles. The molecular weight excluding hydrogens is 313 g/mol. The third-order valence-electron chi connectivity index (χ3n) is 3.29. The fraction of sp³-hybridized carbons (Fsp3) is 0.385. The number of carbonyl (C=O) groups excluding carboxylic acids is 1. The van der Waals surface area contributed by atoms with E-state index in [0.29, 0.717) is 28.8 Å². The van der Waals surface area contributed by atoms with Crippen molar-refractivity contribution in [3.63, 3.8) is 0 Å². The third kappa shape index (κ3) is 1.85. The van der Waals surface area contributed by atoms with E-state index in [1.165, 1.54) is 0 Å². The van der Waals surface area contributed by atoms with Gasteiger partial charge in [0.05, 0.1) is 17.8 Å². The van der Waals surface area contributed by atoms with Crippen LogP contribution in [0.25, 0.3) is 0 Å². The van der Waals surface area contributed by atoms with E-state index < -0.39 is 5.82 Å². The van der Waals surface area contributed by atoms with Crippen LogP contribution < -0.4 is 5.32 Å². The lowest BCUT2D eigenvalue weighted by molar-refractivity contribution is 0.231. The van der Waals surface area contributed by atoms with Gasteiger partial charge >= 0.3 is 6.03 Å². The van der Waals surface area contributed by atoms with E-state index in [2.05, 4.69) is 26.2 Å². The van der Waals surface area contributed by atoms with Crippen LogP contribution in [0.5, 0.6) is 0 Å². The van der Waals surface area contributed by atoms with Crippen LogP contribution in [0.2, 0.25) is 0 Å². The summed E-state index contributed by atoms with van der Waals surface area (Å²) in [5, 5.41) is 3.03. The van der Waals surface area contributed by atoms with Crippen molar-refractivity contribution in [3.8, 4) is 0 Å². The number of alkyl halides is 1. The molecule has 2 amide bonds. The van der Waals surface area contributed by atoms with Crippen molar-refractivity contribution in [2.24, 2.45) is 4.99 Å². The topological polar surface area (TPSA) is 44.7 Å². The average molecular weight is 326 g/mol. The molecule has 1 aromatic rings. The molecule has 0 unspecified atom stereocenters. The van der Waals surface area contributed by atoms with Gasteiger partial charge in [-0.15, -0.1) is 0 Å². The minimum absolute atomic E-state index is 0.231. The quantitative estimate of drug-likeness (QED) is 0.792. The van der Waals surface area contributed by atoms with Gasteiger partial charge in [-0.25, -0.2) is 9.18 Å². The number of hydrogen-bond donors (Lipinski definition) is 1. The van der Waals surface area contributed by atoms with Crippen LogP contribution in [-0.4, -0.2) is 28.9 Å². The van der Waals surface area contributed by atoms with Gasteiger partial charge in [-0.2, -0.15) is 0 Å². The summed E-state index contributed by atoms with van der Waals surface area (Å²) >= 11 is 3.23. The van der Waals surface area contributed by atoms with E-state index in [9.17, 15) is 9.18 Å². The Morgan fingerprint density at radius 3 is 2.95 bits per heavy atom. The van der Waals surface area contributed by atoms with Crippen LogP contribution in [0, 0.1) is 5.82 Å². The van der Waals surface area contributed by atoms with Crippen molar-refractivity contribution in [1.82, 2.24) is 4.90 Å². The monoisotopic (exact) mass is 325 g/mol. The van der Waals surface area contributed by atoms with Crippen LogP contribution in [0.15, 0.2) is 17.1 Å². The Hall–Kier alpha value is -1.43. The molecular formula is C13H13BrFN3O. The summed E-state index contributed by atoms with van der Waals surface area (Å²) in [7, 11) is 0. The molecule has 0 spiro atoms. The highest BCUT2D eigenvalue weighted by atomic mass is 79.9. The molecule has 0 aliphatic carbocycles. The Labute approximate surface area is 118 Å². The largest absolute Gasteiger partial charge is 0.327 e. The van der Waals surface area contributed by atoms with E-state index in [1.807, 2.05) is 19.9 Å². The minimum Gasteiger partial charge on any atom is -0.304 e. The number of carbonyl (C=O) groups is 1. The number of nitrogens with one attached hydrogen (secondary N) is 1. The summed E-state index contributed by atoms with van der Waals surface area (Å²) in [5.74, 6) is 0.165. The predicted octanol–water partition coefficient (Wildman–Crippen LogP) is 3.11. The minimum atomic E-state index is -0.394. The molecule has 4 nitrogen and oxygen atoms in total. The lowest BCUT2D eigenvalue weighted by Crippen LogP contribution is -2.44. The zero-order chi connectivity index (χ0) is 13.8. The van der Waals surface area contributed by atoms with Crippen molar-refractivity contribution in [2.45, 2.75) is 24.7 Å². The molecule has 0 saturated heterocycles. The maximum Gasteiger partial charge on any atom is 0.327 e. The van der Waals surface area contributed by atoms with Crippen molar-refractivity contribution in [3.05, 3.63) is 29.1 Å². The second-order valence-electron chi connectivity index (χ2n) is 5.36. The van der Waals surface area contributed by atoms with E-state index in [0.717, 1.165) is 0 Å². The second-order valence-corrected chi connectivity index (χ2v) is 5.92. The second kappa shape index (κ2) is 4.03. The Kier molecular flexibility index (Phi) is 2.67. The molecule has 0 radical (unpaired) electrons. The van der Waals surface area contributed by atoms with E-state index in [1.54, 1.807) is 11.0 Å². The van der Waals surface area contributed by atoms with Crippen LogP contribution in [0.3, 0.4) is 0 Å². The summed E-state index contributed by atoms with van der Waals surface area (Å²) < 4.78 is 14.3. The molecule has 3 rings (SSSR count). The highest BCUT2D eigenvalue weighted by Crippen LogP contribution is 2.34. The fourth-order valence-electron chi connectivity index (χ4n) is 2.42. The highest BCUT2D eigenvalue weighted by Gasteiger charge is 2.40. The van der Waals surface area contributed by atoms with Crippen LogP contribution in [-0.2, 0) is 5.33 Å². The first-order valence-corrected chi connectivity index (χ1v) is 7.11. The molecule has 0 bridgehead atoms. The van der Waals surface area contributed by atoms with Gasteiger partial charge in [0.15, 0.2) is 5.82 Å². The maximum atomic E-state index is 14.3. The Morgan fingerprint density at radius 1 is 1.53 bits per heavy atom.